The van der Waals surface area contributed by atoms with Crippen LogP contribution in [0.4, 0.5) is 0 Å². The predicted molar refractivity (Wildman–Crippen MR) is 68.8 cm³/mol. The number of ether oxygens (including phenoxy) is 4. The minimum Gasteiger partial charge on any atom is -0.373 e. The maximum Gasteiger partial charge on any atom is 0.109 e. The van der Waals surface area contributed by atoms with Gasteiger partial charge in [-0.25, -0.2) is 0 Å². The zero-order chi connectivity index (χ0) is 13.4. The Morgan fingerprint density at radius 1 is 1.17 bits per heavy atom. The van der Waals surface area contributed by atoms with E-state index < -0.39 is 0 Å². The first-order valence-corrected chi connectivity index (χ1v) is 6.83. The maximum absolute atomic E-state index is 6.08. The first-order chi connectivity index (χ1) is 8.28. The average molecular weight is 258 g/mol. The Hall–Kier alpha value is -0.160. The Labute approximate surface area is 110 Å². The van der Waals surface area contributed by atoms with Gasteiger partial charge in [0.2, 0.25) is 0 Å². The van der Waals surface area contributed by atoms with Crippen molar-refractivity contribution in [3.63, 3.8) is 0 Å². The minimum atomic E-state index is -0.199. The smallest absolute Gasteiger partial charge is 0.109 e. The molecule has 0 aromatic carbocycles. The topological polar surface area (TPSA) is 43.5 Å². The number of hydrogen-bond donors (Lipinski definition) is 0. The summed E-state index contributed by atoms with van der Waals surface area (Å²) in [4.78, 5) is 0. The Bertz CT molecular complexity index is 280. The molecule has 0 radical (unpaired) electrons. The van der Waals surface area contributed by atoms with Crippen LogP contribution in [0.15, 0.2) is 0 Å². The lowest BCUT2D eigenvalue weighted by Crippen LogP contribution is -2.39. The van der Waals surface area contributed by atoms with Crippen molar-refractivity contribution >= 4 is 0 Å². The van der Waals surface area contributed by atoms with Gasteiger partial charge in [-0.3, -0.25) is 0 Å². The van der Waals surface area contributed by atoms with Crippen LogP contribution in [0.3, 0.4) is 0 Å². The van der Waals surface area contributed by atoms with Crippen molar-refractivity contribution in [2.45, 2.75) is 70.6 Å². The van der Waals surface area contributed by atoms with E-state index in [0.717, 1.165) is 19.6 Å². The average Bonchev–Trinajstić information content (AvgIpc) is 3.06. The van der Waals surface area contributed by atoms with Crippen molar-refractivity contribution in [2.24, 2.45) is 0 Å². The van der Waals surface area contributed by atoms with Gasteiger partial charge in [-0.15, -0.1) is 0 Å². The molecular weight excluding hydrogens is 232 g/mol. The lowest BCUT2D eigenvalue weighted by molar-refractivity contribution is -0.117. The van der Waals surface area contributed by atoms with Gasteiger partial charge in [0.25, 0.3) is 0 Å². The molecule has 18 heavy (non-hydrogen) atoms. The molecule has 3 unspecified atom stereocenters. The first-order valence-electron chi connectivity index (χ1n) is 6.83. The molecule has 2 heterocycles. The molecule has 4 heteroatoms. The van der Waals surface area contributed by atoms with Crippen LogP contribution in [-0.4, -0.2) is 49.3 Å². The largest absolute Gasteiger partial charge is 0.373 e. The highest BCUT2D eigenvalue weighted by molar-refractivity contribution is 4.89. The molecule has 0 bridgehead atoms. The summed E-state index contributed by atoms with van der Waals surface area (Å²) >= 11 is 0. The highest BCUT2D eigenvalue weighted by atomic mass is 16.6. The molecule has 0 aliphatic carbocycles. The van der Waals surface area contributed by atoms with Crippen LogP contribution >= 0.6 is 0 Å². The summed E-state index contributed by atoms with van der Waals surface area (Å²) in [5.74, 6) is 0. The normalized spacial score (nSPS) is 29.2. The Morgan fingerprint density at radius 2 is 1.78 bits per heavy atom. The van der Waals surface area contributed by atoms with Crippen LogP contribution in [0.5, 0.6) is 0 Å². The summed E-state index contributed by atoms with van der Waals surface area (Å²) in [6.45, 7) is 12.8. The van der Waals surface area contributed by atoms with Crippen LogP contribution < -0.4 is 0 Å². The van der Waals surface area contributed by atoms with Crippen LogP contribution in [0.1, 0.15) is 41.0 Å². The molecule has 0 amide bonds. The van der Waals surface area contributed by atoms with E-state index in [1.165, 1.54) is 0 Å². The highest BCUT2D eigenvalue weighted by Crippen LogP contribution is 2.31. The summed E-state index contributed by atoms with van der Waals surface area (Å²) in [7, 11) is 0. The van der Waals surface area contributed by atoms with Gasteiger partial charge in [0.1, 0.15) is 12.2 Å². The van der Waals surface area contributed by atoms with E-state index in [1.807, 2.05) is 0 Å². The summed E-state index contributed by atoms with van der Waals surface area (Å²) in [5.41, 5.74) is -0.374. The Balaban J connectivity index is 1.72. The zero-order valence-electron chi connectivity index (χ0n) is 12.2. The molecule has 3 atom stereocenters. The SMILES string of the molecule is CC(CC(C)(C)OCC1CO1)OC(C)(C)C1CO1. The summed E-state index contributed by atoms with van der Waals surface area (Å²) < 4.78 is 22.4. The van der Waals surface area contributed by atoms with Gasteiger partial charge in [-0.2, -0.15) is 0 Å². The van der Waals surface area contributed by atoms with Crippen LogP contribution in [-0.2, 0) is 18.9 Å². The molecule has 2 fully saturated rings. The summed E-state index contributed by atoms with van der Waals surface area (Å²) in [6.07, 6.45) is 1.59. The van der Waals surface area contributed by atoms with Gasteiger partial charge in [-0.1, -0.05) is 0 Å². The third-order valence-corrected chi connectivity index (χ3v) is 3.46. The lowest BCUT2D eigenvalue weighted by atomic mass is 9.99. The number of epoxide rings is 2. The monoisotopic (exact) mass is 258 g/mol. The van der Waals surface area contributed by atoms with Crippen molar-refractivity contribution in [3.8, 4) is 0 Å². The van der Waals surface area contributed by atoms with E-state index in [9.17, 15) is 0 Å². The van der Waals surface area contributed by atoms with Crippen molar-refractivity contribution in [1.29, 1.82) is 0 Å². The molecule has 2 rings (SSSR count). The minimum absolute atomic E-state index is 0.152. The molecule has 106 valence electrons. The first kappa shape index (κ1) is 14.3. The fourth-order valence-corrected chi connectivity index (χ4v) is 2.32. The van der Waals surface area contributed by atoms with Crippen LogP contribution in [0.25, 0.3) is 0 Å². The van der Waals surface area contributed by atoms with Crippen molar-refractivity contribution < 1.29 is 18.9 Å². The molecule has 2 aliphatic heterocycles. The van der Waals surface area contributed by atoms with Gasteiger partial charge in [-0.05, 0) is 34.6 Å². The highest BCUT2D eigenvalue weighted by Gasteiger charge is 2.42. The second-order valence-electron chi connectivity index (χ2n) is 6.58. The molecular formula is C14H26O4. The second-order valence-corrected chi connectivity index (χ2v) is 6.58. The van der Waals surface area contributed by atoms with Gasteiger partial charge in [0.15, 0.2) is 0 Å². The van der Waals surface area contributed by atoms with Gasteiger partial charge in [0, 0.05) is 6.42 Å². The quantitative estimate of drug-likeness (QED) is 0.626. The molecule has 0 spiro atoms. The third-order valence-electron chi connectivity index (χ3n) is 3.46. The molecule has 2 aliphatic rings. The van der Waals surface area contributed by atoms with Gasteiger partial charge in [0.05, 0.1) is 37.1 Å². The molecule has 0 N–H and O–H groups in total. The van der Waals surface area contributed by atoms with E-state index in [0.29, 0.717) is 12.7 Å². The van der Waals surface area contributed by atoms with E-state index in [-0.39, 0.29) is 23.4 Å². The predicted octanol–water partition coefficient (Wildman–Crippen LogP) is 2.15. The van der Waals surface area contributed by atoms with Crippen molar-refractivity contribution in [3.05, 3.63) is 0 Å². The molecule has 2 saturated heterocycles. The molecule has 0 saturated carbocycles. The van der Waals surface area contributed by atoms with E-state index in [2.05, 4.69) is 34.6 Å². The Kier molecular flexibility index (Phi) is 4.02. The second kappa shape index (κ2) is 5.08. The van der Waals surface area contributed by atoms with Crippen molar-refractivity contribution in [1.82, 2.24) is 0 Å². The Morgan fingerprint density at radius 3 is 2.28 bits per heavy atom. The summed E-state index contributed by atoms with van der Waals surface area (Å²) in [5, 5.41) is 0. The van der Waals surface area contributed by atoms with E-state index >= 15 is 0 Å². The lowest BCUT2D eigenvalue weighted by Gasteiger charge is -2.33. The van der Waals surface area contributed by atoms with Gasteiger partial charge >= 0.3 is 0 Å². The summed E-state index contributed by atoms with van der Waals surface area (Å²) in [6, 6.07) is 0. The standard InChI is InChI=1S/C14H26O4/c1-10(18-14(4,5)12-9-16-12)6-13(2,3)17-8-11-7-15-11/h10-12H,6-9H2,1-5H3. The molecule has 0 aromatic rings. The molecule has 0 aromatic heterocycles. The zero-order valence-corrected chi connectivity index (χ0v) is 12.2. The van der Waals surface area contributed by atoms with Gasteiger partial charge < -0.3 is 18.9 Å². The van der Waals surface area contributed by atoms with Crippen molar-refractivity contribution in [2.75, 3.05) is 19.8 Å². The van der Waals surface area contributed by atoms with E-state index in [1.54, 1.807) is 0 Å². The molecule has 4 nitrogen and oxygen atoms in total. The third kappa shape index (κ3) is 4.50. The number of hydrogen-bond acceptors (Lipinski definition) is 4. The van der Waals surface area contributed by atoms with Crippen LogP contribution in [0, 0.1) is 0 Å². The van der Waals surface area contributed by atoms with E-state index in [4.69, 9.17) is 18.9 Å². The van der Waals surface area contributed by atoms with Crippen LogP contribution in [0.2, 0.25) is 0 Å². The fourth-order valence-electron chi connectivity index (χ4n) is 2.32. The fraction of sp³-hybridized carbons (Fsp3) is 1.00. The number of rotatable bonds is 8. The maximum atomic E-state index is 6.08.